The molecule has 6 nitrogen and oxygen atoms in total. The monoisotopic (exact) mass is 297 g/mol. The highest BCUT2D eigenvalue weighted by atomic mass is 16.5. The van der Waals surface area contributed by atoms with Crippen molar-refractivity contribution in [2.24, 2.45) is 0 Å². The molecule has 3 rings (SSSR count). The number of nitrogens with zero attached hydrogens (tertiary/aromatic N) is 4. The van der Waals surface area contributed by atoms with Gasteiger partial charge in [-0.3, -0.25) is 0 Å². The lowest BCUT2D eigenvalue weighted by molar-refractivity contribution is 0.424. The first-order valence-corrected chi connectivity index (χ1v) is 7.21. The number of aryl methyl sites for hydroxylation is 1. The number of benzene rings is 1. The van der Waals surface area contributed by atoms with Crippen LogP contribution in [0.5, 0.6) is 0 Å². The summed E-state index contributed by atoms with van der Waals surface area (Å²) in [7, 11) is 4.06. The molecule has 114 valence electrons. The van der Waals surface area contributed by atoms with Crippen molar-refractivity contribution < 1.29 is 4.52 Å². The van der Waals surface area contributed by atoms with Crippen LogP contribution in [0.4, 0.5) is 5.82 Å². The van der Waals surface area contributed by atoms with Gasteiger partial charge >= 0.3 is 0 Å². The summed E-state index contributed by atoms with van der Waals surface area (Å²) in [6.07, 6.45) is 1.54. The Morgan fingerprint density at radius 2 is 1.91 bits per heavy atom. The molecule has 0 aliphatic heterocycles. The van der Waals surface area contributed by atoms with Crippen molar-refractivity contribution in [2.45, 2.75) is 6.92 Å². The van der Waals surface area contributed by atoms with Gasteiger partial charge in [0.15, 0.2) is 5.82 Å². The maximum atomic E-state index is 5.47. The largest absolute Gasteiger partial charge is 0.365 e. The average Bonchev–Trinajstić information content (AvgIpc) is 2.92. The van der Waals surface area contributed by atoms with Gasteiger partial charge in [0, 0.05) is 18.7 Å². The molecule has 0 radical (unpaired) electrons. The van der Waals surface area contributed by atoms with Crippen LogP contribution < -0.4 is 5.32 Å². The molecular weight excluding hydrogens is 278 g/mol. The second-order valence-electron chi connectivity index (χ2n) is 5.53. The fourth-order valence-corrected chi connectivity index (χ4v) is 2.19. The van der Waals surface area contributed by atoms with Crippen molar-refractivity contribution in [2.75, 3.05) is 32.5 Å². The summed E-state index contributed by atoms with van der Waals surface area (Å²) in [6, 6.07) is 8.14. The van der Waals surface area contributed by atoms with Crippen molar-refractivity contribution in [3.05, 3.63) is 36.2 Å². The third kappa shape index (κ3) is 2.92. The zero-order chi connectivity index (χ0) is 15.5. The highest BCUT2D eigenvalue weighted by molar-refractivity contribution is 5.93. The van der Waals surface area contributed by atoms with Crippen molar-refractivity contribution in [1.82, 2.24) is 20.0 Å². The summed E-state index contributed by atoms with van der Waals surface area (Å²) in [5.74, 6) is 0.678. The molecule has 1 N–H and O–H groups in total. The number of hydrogen-bond acceptors (Lipinski definition) is 6. The lowest BCUT2D eigenvalue weighted by Crippen LogP contribution is -2.21. The third-order valence-electron chi connectivity index (χ3n) is 3.43. The SMILES string of the molecule is Cc1ccc(-c2noc3c(NCCN(C)C)ncnc23)cc1. The Morgan fingerprint density at radius 1 is 1.14 bits per heavy atom. The Hall–Kier alpha value is -2.47. The fourth-order valence-electron chi connectivity index (χ4n) is 2.19. The van der Waals surface area contributed by atoms with Gasteiger partial charge in [0.1, 0.15) is 17.5 Å². The Kier molecular flexibility index (Phi) is 4.02. The van der Waals surface area contributed by atoms with Gasteiger partial charge in [-0.05, 0) is 21.0 Å². The van der Waals surface area contributed by atoms with Crippen LogP contribution >= 0.6 is 0 Å². The number of aromatic nitrogens is 3. The molecule has 1 aromatic carbocycles. The Bertz CT molecular complexity index is 764. The molecule has 6 heteroatoms. The minimum absolute atomic E-state index is 0.594. The summed E-state index contributed by atoms with van der Waals surface area (Å²) in [4.78, 5) is 10.7. The van der Waals surface area contributed by atoms with E-state index in [4.69, 9.17) is 4.52 Å². The van der Waals surface area contributed by atoms with Gasteiger partial charge in [-0.1, -0.05) is 35.0 Å². The number of hydrogen-bond donors (Lipinski definition) is 1. The quantitative estimate of drug-likeness (QED) is 0.780. The normalized spacial score (nSPS) is 11.3. The molecule has 0 aliphatic rings. The predicted octanol–water partition coefficient (Wildman–Crippen LogP) is 2.57. The molecule has 2 aromatic heterocycles. The van der Waals surface area contributed by atoms with Crippen LogP contribution in [0.2, 0.25) is 0 Å². The van der Waals surface area contributed by atoms with E-state index < -0.39 is 0 Å². The summed E-state index contributed by atoms with van der Waals surface area (Å²) in [6.45, 7) is 3.74. The van der Waals surface area contributed by atoms with E-state index in [1.807, 2.05) is 38.4 Å². The minimum Gasteiger partial charge on any atom is -0.365 e. The second-order valence-corrected chi connectivity index (χ2v) is 5.53. The van der Waals surface area contributed by atoms with Gasteiger partial charge in [0.2, 0.25) is 5.58 Å². The van der Waals surface area contributed by atoms with E-state index in [-0.39, 0.29) is 0 Å². The number of fused-ring (bicyclic) bond motifs is 1. The van der Waals surface area contributed by atoms with Gasteiger partial charge < -0.3 is 14.7 Å². The summed E-state index contributed by atoms with van der Waals surface area (Å²) >= 11 is 0. The Balaban J connectivity index is 1.93. The molecule has 22 heavy (non-hydrogen) atoms. The smallest absolute Gasteiger partial charge is 0.228 e. The maximum Gasteiger partial charge on any atom is 0.228 e. The Morgan fingerprint density at radius 3 is 2.64 bits per heavy atom. The van der Waals surface area contributed by atoms with Crippen LogP contribution in [0.1, 0.15) is 5.56 Å². The zero-order valence-corrected chi connectivity index (χ0v) is 13.0. The average molecular weight is 297 g/mol. The number of nitrogens with one attached hydrogen (secondary N) is 1. The third-order valence-corrected chi connectivity index (χ3v) is 3.43. The topological polar surface area (TPSA) is 67.1 Å². The number of likely N-dealkylation sites (N-methyl/N-ethyl adjacent to an activating group) is 1. The predicted molar refractivity (Wildman–Crippen MR) is 86.8 cm³/mol. The molecule has 0 unspecified atom stereocenters. The van der Waals surface area contributed by atoms with Gasteiger partial charge in [0.25, 0.3) is 0 Å². The molecule has 2 heterocycles. The number of anilines is 1. The van der Waals surface area contributed by atoms with Gasteiger partial charge in [0.05, 0.1) is 0 Å². The maximum absolute atomic E-state index is 5.47. The Labute approximate surface area is 129 Å². The van der Waals surface area contributed by atoms with Crippen molar-refractivity contribution in [3.8, 4) is 11.3 Å². The van der Waals surface area contributed by atoms with E-state index in [9.17, 15) is 0 Å². The summed E-state index contributed by atoms with van der Waals surface area (Å²) < 4.78 is 5.47. The molecule has 0 bridgehead atoms. The lowest BCUT2D eigenvalue weighted by atomic mass is 10.1. The summed E-state index contributed by atoms with van der Waals surface area (Å²) in [5.41, 5.74) is 4.26. The van der Waals surface area contributed by atoms with Gasteiger partial charge in [-0.25, -0.2) is 9.97 Å². The van der Waals surface area contributed by atoms with E-state index in [1.54, 1.807) is 0 Å². The first-order valence-electron chi connectivity index (χ1n) is 7.21. The fraction of sp³-hybridized carbons (Fsp3) is 0.312. The standard InChI is InChI=1S/C16H19N5O/c1-11-4-6-12(7-5-11)13-14-15(22-20-13)16(19-10-18-14)17-8-9-21(2)3/h4-7,10H,8-9H2,1-3H3,(H,17,18,19). The van der Waals surface area contributed by atoms with E-state index in [0.717, 1.165) is 29.9 Å². The molecule has 0 saturated carbocycles. The van der Waals surface area contributed by atoms with E-state index in [2.05, 4.69) is 32.3 Å². The van der Waals surface area contributed by atoms with Crippen molar-refractivity contribution in [3.63, 3.8) is 0 Å². The van der Waals surface area contributed by atoms with Crippen molar-refractivity contribution in [1.29, 1.82) is 0 Å². The first kappa shape index (κ1) is 14.5. The van der Waals surface area contributed by atoms with Crippen LogP contribution in [0.15, 0.2) is 35.1 Å². The first-order chi connectivity index (χ1) is 10.6. The van der Waals surface area contributed by atoms with Crippen molar-refractivity contribution >= 4 is 16.9 Å². The van der Waals surface area contributed by atoms with E-state index in [1.165, 1.54) is 11.9 Å². The van der Waals surface area contributed by atoms with Crippen LogP contribution in [0.25, 0.3) is 22.4 Å². The molecule has 0 fully saturated rings. The highest BCUT2D eigenvalue weighted by Crippen LogP contribution is 2.29. The highest BCUT2D eigenvalue weighted by Gasteiger charge is 2.15. The van der Waals surface area contributed by atoms with Crippen LogP contribution in [-0.4, -0.2) is 47.2 Å². The zero-order valence-electron chi connectivity index (χ0n) is 13.0. The molecule has 0 saturated heterocycles. The summed E-state index contributed by atoms with van der Waals surface area (Å²) in [5, 5.41) is 7.44. The van der Waals surface area contributed by atoms with E-state index in [0.29, 0.717) is 11.4 Å². The molecule has 0 atom stereocenters. The molecular formula is C16H19N5O. The number of rotatable bonds is 5. The molecule has 0 spiro atoms. The van der Waals surface area contributed by atoms with Gasteiger partial charge in [-0.15, -0.1) is 0 Å². The van der Waals surface area contributed by atoms with Crippen LogP contribution in [-0.2, 0) is 0 Å². The van der Waals surface area contributed by atoms with Crippen LogP contribution in [0.3, 0.4) is 0 Å². The molecule has 3 aromatic rings. The molecule has 0 aliphatic carbocycles. The lowest BCUT2D eigenvalue weighted by Gasteiger charge is -2.10. The molecule has 0 amide bonds. The minimum atomic E-state index is 0.594. The van der Waals surface area contributed by atoms with Gasteiger partial charge in [-0.2, -0.15) is 0 Å². The second kappa shape index (κ2) is 6.11. The van der Waals surface area contributed by atoms with E-state index >= 15 is 0 Å². The van der Waals surface area contributed by atoms with Crippen LogP contribution in [0, 0.1) is 6.92 Å².